The Morgan fingerprint density at radius 2 is 2.06 bits per heavy atom. The Morgan fingerprint density at radius 3 is 2.44 bits per heavy atom. The molecule has 1 aliphatic rings. The van der Waals surface area contributed by atoms with Gasteiger partial charge >= 0.3 is 5.97 Å². The summed E-state index contributed by atoms with van der Waals surface area (Å²) in [4.78, 5) is 26.3. The molecule has 0 aliphatic carbocycles. The van der Waals surface area contributed by atoms with Crippen LogP contribution in [0.4, 0.5) is 0 Å². The number of amides is 1. The second kappa shape index (κ2) is 4.08. The van der Waals surface area contributed by atoms with Gasteiger partial charge in [0.05, 0.1) is 0 Å². The summed E-state index contributed by atoms with van der Waals surface area (Å²) in [5.41, 5.74) is -0.00697. The zero-order valence-corrected chi connectivity index (χ0v) is 9.92. The van der Waals surface area contributed by atoms with Gasteiger partial charge in [0.2, 0.25) is 0 Å². The number of hydrogen-bond donors (Lipinski definition) is 2. The number of nitrogens with one attached hydrogen (secondary N) is 1. The number of rotatable bonds is 3. The van der Waals surface area contributed by atoms with E-state index in [9.17, 15) is 9.59 Å². The average molecular weight is 224 g/mol. The first-order valence-corrected chi connectivity index (χ1v) is 5.14. The zero-order valence-electron chi connectivity index (χ0n) is 9.92. The van der Waals surface area contributed by atoms with Crippen LogP contribution in [0.1, 0.15) is 34.1 Å². The number of aliphatic carboxylic acids is 1. The van der Waals surface area contributed by atoms with E-state index in [0.717, 1.165) is 0 Å². The van der Waals surface area contributed by atoms with E-state index < -0.39 is 11.5 Å². The smallest absolute Gasteiger partial charge is 0.331 e. The molecule has 0 radical (unpaired) electrons. The first kappa shape index (κ1) is 12.4. The summed E-state index contributed by atoms with van der Waals surface area (Å²) in [6.45, 7) is 6.78. The molecule has 0 fully saturated rings. The molecule has 1 rings (SSSR count). The van der Waals surface area contributed by atoms with Crippen LogP contribution in [-0.4, -0.2) is 28.4 Å². The number of aliphatic imine (C=N–C) groups is 1. The van der Waals surface area contributed by atoms with Crippen LogP contribution in [0.2, 0.25) is 0 Å². The van der Waals surface area contributed by atoms with E-state index in [4.69, 9.17) is 5.11 Å². The van der Waals surface area contributed by atoms with E-state index in [0.29, 0.717) is 17.8 Å². The Hall–Kier alpha value is -1.65. The molecule has 0 saturated carbocycles. The first-order valence-electron chi connectivity index (χ1n) is 5.14. The predicted molar refractivity (Wildman–Crippen MR) is 60.3 cm³/mol. The summed E-state index contributed by atoms with van der Waals surface area (Å²) in [6, 6.07) is 0. The van der Waals surface area contributed by atoms with Gasteiger partial charge in [-0.25, -0.2) is 4.79 Å². The molecule has 0 aromatic heterocycles. The maximum absolute atomic E-state index is 11.6. The summed E-state index contributed by atoms with van der Waals surface area (Å²) in [5, 5.41) is 11.8. The van der Waals surface area contributed by atoms with Crippen LogP contribution >= 0.6 is 0 Å². The molecule has 5 nitrogen and oxygen atoms in total. The standard InChI is InChI=1S/C11H16N2O3/c1-5-11(4)10(16)12-8(13-11)6(2)7(3)9(14)15/h5H2,1-4H3,(H,14,15)(H,12,13,16)/b7-6-. The van der Waals surface area contributed by atoms with Crippen molar-refractivity contribution in [3.05, 3.63) is 11.1 Å². The van der Waals surface area contributed by atoms with Crippen molar-refractivity contribution in [1.29, 1.82) is 0 Å². The molecule has 0 bridgehead atoms. The largest absolute Gasteiger partial charge is 0.478 e. The lowest BCUT2D eigenvalue weighted by molar-refractivity contribution is -0.132. The van der Waals surface area contributed by atoms with Gasteiger partial charge in [-0.15, -0.1) is 0 Å². The highest BCUT2D eigenvalue weighted by atomic mass is 16.4. The third kappa shape index (κ3) is 1.98. The van der Waals surface area contributed by atoms with Gasteiger partial charge in [0.15, 0.2) is 0 Å². The third-order valence-corrected chi connectivity index (χ3v) is 3.03. The number of nitrogens with zero attached hydrogens (tertiary/aromatic N) is 1. The monoisotopic (exact) mass is 224 g/mol. The van der Waals surface area contributed by atoms with Crippen LogP contribution in [0, 0.1) is 0 Å². The molecule has 0 aromatic rings. The Labute approximate surface area is 94.3 Å². The number of amidine groups is 1. The van der Waals surface area contributed by atoms with Gasteiger partial charge in [-0.1, -0.05) is 6.92 Å². The molecule has 1 atom stereocenters. The second-order valence-electron chi connectivity index (χ2n) is 4.13. The lowest BCUT2D eigenvalue weighted by atomic mass is 9.99. The summed E-state index contributed by atoms with van der Waals surface area (Å²) in [5.74, 6) is -0.878. The zero-order chi connectivity index (χ0) is 12.5. The van der Waals surface area contributed by atoms with Gasteiger partial charge < -0.3 is 10.4 Å². The van der Waals surface area contributed by atoms with Crippen LogP contribution in [0.25, 0.3) is 0 Å². The molecule has 1 amide bonds. The lowest BCUT2D eigenvalue weighted by Crippen LogP contribution is -2.45. The van der Waals surface area contributed by atoms with Crippen LogP contribution in [0.5, 0.6) is 0 Å². The maximum Gasteiger partial charge on any atom is 0.331 e. The second-order valence-corrected chi connectivity index (χ2v) is 4.13. The molecule has 2 N–H and O–H groups in total. The molecule has 1 heterocycles. The minimum absolute atomic E-state index is 0.194. The van der Waals surface area contributed by atoms with E-state index in [1.54, 1.807) is 13.8 Å². The Kier molecular flexibility index (Phi) is 3.16. The first-order chi connectivity index (χ1) is 7.31. The van der Waals surface area contributed by atoms with Gasteiger partial charge in [0.1, 0.15) is 11.4 Å². The van der Waals surface area contributed by atoms with Crippen molar-refractivity contribution in [2.75, 3.05) is 0 Å². The Morgan fingerprint density at radius 1 is 1.50 bits per heavy atom. The van der Waals surface area contributed by atoms with Crippen molar-refractivity contribution in [2.45, 2.75) is 39.7 Å². The summed E-state index contributed by atoms with van der Waals surface area (Å²) >= 11 is 0. The van der Waals surface area contributed by atoms with E-state index in [1.165, 1.54) is 6.92 Å². The topological polar surface area (TPSA) is 78.8 Å². The molecule has 0 saturated heterocycles. The van der Waals surface area contributed by atoms with Gasteiger partial charge in [-0.2, -0.15) is 4.99 Å². The summed E-state index contributed by atoms with van der Waals surface area (Å²) < 4.78 is 0. The maximum atomic E-state index is 11.6. The highest BCUT2D eigenvalue weighted by molar-refractivity contribution is 6.15. The van der Waals surface area contributed by atoms with Gasteiger partial charge in [-0.05, 0) is 27.2 Å². The van der Waals surface area contributed by atoms with E-state index in [-0.39, 0.29) is 11.5 Å². The Balaban J connectivity index is 3.04. The molecular weight excluding hydrogens is 208 g/mol. The molecule has 1 aliphatic heterocycles. The summed E-state index contributed by atoms with van der Waals surface area (Å²) in [6.07, 6.45) is 0.609. The van der Waals surface area contributed by atoms with Gasteiger partial charge in [0, 0.05) is 11.1 Å². The highest BCUT2D eigenvalue weighted by Crippen LogP contribution is 2.20. The molecule has 16 heavy (non-hydrogen) atoms. The van der Waals surface area contributed by atoms with Crippen LogP contribution in [0.3, 0.4) is 0 Å². The molecule has 88 valence electrons. The van der Waals surface area contributed by atoms with Crippen molar-refractivity contribution >= 4 is 17.7 Å². The minimum atomic E-state index is -1.00. The van der Waals surface area contributed by atoms with Crippen molar-refractivity contribution in [3.63, 3.8) is 0 Å². The summed E-state index contributed by atoms with van der Waals surface area (Å²) in [7, 11) is 0. The molecule has 1 unspecified atom stereocenters. The van der Waals surface area contributed by atoms with E-state index in [1.807, 2.05) is 6.92 Å². The van der Waals surface area contributed by atoms with Crippen molar-refractivity contribution in [2.24, 2.45) is 4.99 Å². The normalized spacial score (nSPS) is 26.0. The van der Waals surface area contributed by atoms with Gasteiger partial charge in [0.25, 0.3) is 5.91 Å². The number of hydrogen-bond acceptors (Lipinski definition) is 3. The quantitative estimate of drug-likeness (QED) is 0.704. The van der Waals surface area contributed by atoms with Crippen LogP contribution < -0.4 is 5.32 Å². The van der Waals surface area contributed by atoms with Crippen molar-refractivity contribution < 1.29 is 14.7 Å². The molecule has 5 heteroatoms. The average Bonchev–Trinajstić information content (AvgIpc) is 2.54. The third-order valence-electron chi connectivity index (χ3n) is 3.03. The molecular formula is C11H16N2O3. The van der Waals surface area contributed by atoms with E-state index >= 15 is 0 Å². The van der Waals surface area contributed by atoms with Gasteiger partial charge in [-0.3, -0.25) is 4.79 Å². The molecule has 0 spiro atoms. The number of carbonyl (C=O) groups excluding carboxylic acids is 1. The number of carboxylic acid groups (broad SMARTS) is 1. The predicted octanol–water partition coefficient (Wildman–Crippen LogP) is 1.10. The lowest BCUT2D eigenvalue weighted by Gasteiger charge is -2.20. The fourth-order valence-electron chi connectivity index (χ4n) is 1.32. The minimum Gasteiger partial charge on any atom is -0.478 e. The van der Waals surface area contributed by atoms with Crippen LogP contribution in [0.15, 0.2) is 16.1 Å². The number of carboxylic acids is 1. The van der Waals surface area contributed by atoms with Crippen LogP contribution in [-0.2, 0) is 9.59 Å². The SMILES string of the molecule is CCC1(C)NC(/C(C)=C(/C)C(=O)O)=NC1=O. The highest BCUT2D eigenvalue weighted by Gasteiger charge is 2.38. The van der Waals surface area contributed by atoms with Crippen molar-refractivity contribution in [3.8, 4) is 0 Å². The fraction of sp³-hybridized carbons (Fsp3) is 0.545. The van der Waals surface area contributed by atoms with Crippen molar-refractivity contribution in [1.82, 2.24) is 5.32 Å². The van der Waals surface area contributed by atoms with E-state index in [2.05, 4.69) is 10.3 Å². The number of carbonyl (C=O) groups is 2. The fourth-order valence-corrected chi connectivity index (χ4v) is 1.32. The Bertz CT molecular complexity index is 409. The molecule has 0 aromatic carbocycles.